The molecule has 2 rings (SSSR count). The molecule has 196 valence electrons. The Morgan fingerprint density at radius 1 is 0.806 bits per heavy atom. The van der Waals surface area contributed by atoms with Crippen LogP contribution in [0.5, 0.6) is 0 Å². The van der Waals surface area contributed by atoms with Crippen LogP contribution in [0.25, 0.3) is 0 Å². The third-order valence-corrected chi connectivity index (χ3v) is 4.80. The van der Waals surface area contributed by atoms with Gasteiger partial charge in [0.25, 0.3) is 0 Å². The van der Waals surface area contributed by atoms with Crippen molar-refractivity contribution in [2.75, 3.05) is 17.2 Å². The maximum absolute atomic E-state index is 12.0. The molecule has 0 spiro atoms. The Bertz CT molecular complexity index is 986. The Morgan fingerprint density at radius 3 is 1.61 bits per heavy atom. The molecule has 0 radical (unpaired) electrons. The minimum atomic E-state index is -0.637. The lowest BCUT2D eigenvalue weighted by atomic mass is 10.0. The van der Waals surface area contributed by atoms with Crippen LogP contribution in [0.2, 0.25) is 0 Å². The number of rotatable bonds is 10. The molecule has 2 amide bonds. The van der Waals surface area contributed by atoms with Gasteiger partial charge in [0.05, 0.1) is 0 Å². The fraction of sp³-hybridized carbons (Fsp3) is 0.393. The van der Waals surface area contributed by atoms with Crippen molar-refractivity contribution in [1.82, 2.24) is 0 Å². The summed E-state index contributed by atoms with van der Waals surface area (Å²) in [5, 5.41) is 5.36. The molecule has 8 nitrogen and oxygen atoms in total. The number of nitrogens with one attached hydrogen (secondary N) is 2. The van der Waals surface area contributed by atoms with Crippen LogP contribution in [0.1, 0.15) is 59.1 Å². The molecule has 2 atom stereocenters. The average molecular weight is 499 g/mol. The first-order valence-electron chi connectivity index (χ1n) is 12.1. The summed E-state index contributed by atoms with van der Waals surface area (Å²) in [7, 11) is 0. The van der Waals surface area contributed by atoms with E-state index in [2.05, 4.69) is 17.2 Å². The van der Waals surface area contributed by atoms with Crippen LogP contribution in [0.15, 0.2) is 60.7 Å². The Kier molecular flexibility index (Phi) is 13.4. The first-order valence-corrected chi connectivity index (χ1v) is 12.1. The molecule has 0 saturated carbocycles. The van der Waals surface area contributed by atoms with Gasteiger partial charge in [0.2, 0.25) is 0 Å². The Hall–Kier alpha value is -3.81. The lowest BCUT2D eigenvalue weighted by Gasteiger charge is -2.14. The van der Waals surface area contributed by atoms with Gasteiger partial charge in [0.1, 0.15) is 18.8 Å². The van der Waals surface area contributed by atoms with Gasteiger partial charge in [0, 0.05) is 16.9 Å². The van der Waals surface area contributed by atoms with Crippen molar-refractivity contribution >= 4 is 29.5 Å². The molecule has 2 aromatic rings. The van der Waals surface area contributed by atoms with Crippen LogP contribution < -0.4 is 10.6 Å². The van der Waals surface area contributed by atoms with E-state index in [1.807, 2.05) is 64.1 Å². The van der Waals surface area contributed by atoms with E-state index < -0.39 is 24.3 Å². The number of amides is 2. The van der Waals surface area contributed by atoms with Crippen molar-refractivity contribution in [2.24, 2.45) is 0 Å². The van der Waals surface area contributed by atoms with Gasteiger partial charge in [-0.2, -0.15) is 0 Å². The number of ether oxygens (including phenoxy) is 3. The first-order chi connectivity index (χ1) is 17.2. The number of anilines is 2. The number of benzene rings is 2. The fourth-order valence-corrected chi connectivity index (χ4v) is 2.74. The Balaban J connectivity index is 0.00000316. The summed E-state index contributed by atoms with van der Waals surface area (Å²) < 4.78 is 15.4. The highest BCUT2D eigenvalue weighted by Gasteiger charge is 2.13. The van der Waals surface area contributed by atoms with Gasteiger partial charge in [-0.05, 0) is 69.0 Å². The zero-order valence-corrected chi connectivity index (χ0v) is 22.1. The van der Waals surface area contributed by atoms with E-state index in [1.165, 1.54) is 0 Å². The molecular weight excluding hydrogens is 460 g/mol. The van der Waals surface area contributed by atoms with E-state index in [1.54, 1.807) is 26.0 Å². The molecule has 0 saturated heterocycles. The standard InChI is InChI=1S/C26H32N2O6.C2H6/c1-6-18(4)33-25(30)27-22-11-7-20(8-12-22)15-21-9-13-23(14-10-21)28-26(31)34-19(5)16-32-24(29)17(2)3;1-2/h7-14,18-19H,2,6,15-16H2,1,3-5H3,(H,27,30)(H,28,31);1-2H3. The van der Waals surface area contributed by atoms with E-state index in [0.717, 1.165) is 17.5 Å². The van der Waals surface area contributed by atoms with E-state index >= 15 is 0 Å². The lowest BCUT2D eigenvalue weighted by molar-refractivity contribution is -0.141. The highest BCUT2D eigenvalue weighted by Crippen LogP contribution is 2.17. The second-order valence-corrected chi connectivity index (χ2v) is 8.04. The van der Waals surface area contributed by atoms with Crippen molar-refractivity contribution in [3.05, 3.63) is 71.8 Å². The highest BCUT2D eigenvalue weighted by atomic mass is 16.6. The molecule has 2 unspecified atom stereocenters. The van der Waals surface area contributed by atoms with E-state index in [-0.39, 0.29) is 18.3 Å². The van der Waals surface area contributed by atoms with Crippen LogP contribution in [-0.4, -0.2) is 37.0 Å². The minimum Gasteiger partial charge on any atom is -0.458 e. The van der Waals surface area contributed by atoms with Crippen LogP contribution in [0.4, 0.5) is 21.0 Å². The predicted molar refractivity (Wildman–Crippen MR) is 142 cm³/mol. The monoisotopic (exact) mass is 498 g/mol. The number of carbonyl (C=O) groups excluding carboxylic acids is 3. The zero-order chi connectivity index (χ0) is 27.1. The van der Waals surface area contributed by atoms with E-state index in [9.17, 15) is 14.4 Å². The van der Waals surface area contributed by atoms with E-state index in [4.69, 9.17) is 14.2 Å². The summed E-state index contributed by atoms with van der Waals surface area (Å²) in [5.41, 5.74) is 3.65. The molecule has 0 bridgehead atoms. The topological polar surface area (TPSA) is 103 Å². The smallest absolute Gasteiger partial charge is 0.412 e. The van der Waals surface area contributed by atoms with Crippen molar-refractivity contribution in [3.63, 3.8) is 0 Å². The number of hydrogen-bond acceptors (Lipinski definition) is 6. The van der Waals surface area contributed by atoms with Crippen molar-refractivity contribution in [3.8, 4) is 0 Å². The summed E-state index contributed by atoms with van der Waals surface area (Å²) in [4.78, 5) is 35.2. The molecule has 0 heterocycles. The Labute approximate surface area is 214 Å². The molecule has 8 heteroatoms. The highest BCUT2D eigenvalue weighted by molar-refractivity contribution is 5.87. The lowest BCUT2D eigenvalue weighted by Crippen LogP contribution is -2.25. The summed E-state index contributed by atoms with van der Waals surface area (Å²) in [6.07, 6.45) is -0.390. The second-order valence-electron chi connectivity index (χ2n) is 8.04. The molecule has 0 aromatic heterocycles. The quantitative estimate of drug-likeness (QED) is 0.214. The minimum absolute atomic E-state index is 0.0502. The SMILES string of the molecule is C=C(C)C(=O)OCC(C)OC(=O)Nc1ccc(Cc2ccc(NC(=O)OC(C)CC)cc2)cc1.CC. The van der Waals surface area contributed by atoms with Gasteiger partial charge < -0.3 is 14.2 Å². The van der Waals surface area contributed by atoms with E-state index in [0.29, 0.717) is 17.8 Å². The zero-order valence-electron chi connectivity index (χ0n) is 22.1. The molecule has 0 fully saturated rings. The summed E-state index contributed by atoms with van der Waals surface area (Å²) in [6, 6.07) is 14.9. The number of esters is 1. The third-order valence-electron chi connectivity index (χ3n) is 4.80. The van der Waals surface area contributed by atoms with Gasteiger partial charge >= 0.3 is 18.2 Å². The normalized spacial score (nSPS) is 11.6. The second kappa shape index (κ2) is 16.0. The van der Waals surface area contributed by atoms with Crippen molar-refractivity contribution < 1.29 is 28.6 Å². The van der Waals surface area contributed by atoms with Gasteiger partial charge in [-0.15, -0.1) is 0 Å². The van der Waals surface area contributed by atoms with Gasteiger partial charge in [-0.3, -0.25) is 10.6 Å². The van der Waals surface area contributed by atoms with Crippen LogP contribution in [-0.2, 0) is 25.4 Å². The molecule has 0 aliphatic heterocycles. The molecule has 0 aliphatic carbocycles. The largest absolute Gasteiger partial charge is 0.458 e. The number of carbonyl (C=O) groups is 3. The van der Waals surface area contributed by atoms with Crippen LogP contribution in [0.3, 0.4) is 0 Å². The molecule has 2 N–H and O–H groups in total. The molecular formula is C28H38N2O6. The third kappa shape index (κ3) is 11.6. The van der Waals surface area contributed by atoms with Crippen LogP contribution >= 0.6 is 0 Å². The average Bonchev–Trinajstić information content (AvgIpc) is 2.85. The maximum Gasteiger partial charge on any atom is 0.412 e. The molecule has 0 aliphatic rings. The molecule has 2 aromatic carbocycles. The van der Waals surface area contributed by atoms with Gasteiger partial charge in [-0.25, -0.2) is 14.4 Å². The van der Waals surface area contributed by atoms with Crippen molar-refractivity contribution in [2.45, 2.75) is 66.6 Å². The van der Waals surface area contributed by atoms with Gasteiger partial charge in [0.15, 0.2) is 0 Å². The first kappa shape index (κ1) is 30.2. The summed E-state index contributed by atoms with van der Waals surface area (Å²) in [6.45, 7) is 14.4. The summed E-state index contributed by atoms with van der Waals surface area (Å²) in [5.74, 6) is -0.526. The Morgan fingerprint density at radius 2 is 1.22 bits per heavy atom. The van der Waals surface area contributed by atoms with Crippen molar-refractivity contribution in [1.29, 1.82) is 0 Å². The predicted octanol–water partition coefficient (Wildman–Crippen LogP) is 6.71. The number of hydrogen-bond donors (Lipinski definition) is 2. The fourth-order valence-electron chi connectivity index (χ4n) is 2.74. The summed E-state index contributed by atoms with van der Waals surface area (Å²) >= 11 is 0. The van der Waals surface area contributed by atoms with Crippen LogP contribution in [0, 0.1) is 0 Å². The maximum atomic E-state index is 12.0. The van der Waals surface area contributed by atoms with Gasteiger partial charge in [-0.1, -0.05) is 51.6 Å². The molecule has 36 heavy (non-hydrogen) atoms.